The Bertz CT molecular complexity index is 1130. The van der Waals surface area contributed by atoms with E-state index in [0.717, 1.165) is 42.6 Å². The lowest BCUT2D eigenvalue weighted by atomic mass is 9.89. The van der Waals surface area contributed by atoms with Crippen LogP contribution in [0.3, 0.4) is 0 Å². The maximum atomic E-state index is 13.3. The molecule has 1 aromatic heterocycles. The molecule has 0 amide bonds. The molecular weight excluding hydrogens is 434 g/mol. The van der Waals surface area contributed by atoms with E-state index >= 15 is 0 Å². The van der Waals surface area contributed by atoms with Gasteiger partial charge in [-0.2, -0.15) is 0 Å². The molecule has 0 saturated heterocycles. The second-order valence-corrected chi connectivity index (χ2v) is 8.64. The van der Waals surface area contributed by atoms with E-state index in [1.54, 1.807) is 24.3 Å². The molecule has 1 saturated carbocycles. The molecule has 0 bridgehead atoms. The number of H-pyrrole nitrogens is 1. The summed E-state index contributed by atoms with van der Waals surface area (Å²) in [7, 11) is 0. The minimum absolute atomic E-state index is 0.0660. The molecule has 1 aliphatic rings. The molecule has 4 rings (SSSR count). The van der Waals surface area contributed by atoms with Crippen molar-refractivity contribution in [3.8, 4) is 11.5 Å². The van der Waals surface area contributed by atoms with Gasteiger partial charge in [0.15, 0.2) is 0 Å². The Morgan fingerprint density at radius 1 is 1.09 bits per heavy atom. The molecular formula is C23H24F2N4O2S. The third kappa shape index (κ3) is 5.53. The zero-order chi connectivity index (χ0) is 22.5. The Morgan fingerprint density at radius 2 is 1.78 bits per heavy atom. The average molecular weight is 459 g/mol. The highest BCUT2D eigenvalue weighted by molar-refractivity contribution is 7.10. The van der Waals surface area contributed by atoms with Gasteiger partial charge in [0.25, 0.3) is 5.56 Å². The number of aliphatic imine (C=N–C) groups is 1. The lowest BCUT2D eigenvalue weighted by molar-refractivity contribution is 0.367. The maximum Gasteiger partial charge on any atom is 0.271 e. The van der Waals surface area contributed by atoms with E-state index in [2.05, 4.69) is 14.7 Å². The van der Waals surface area contributed by atoms with Gasteiger partial charge in [0.05, 0.1) is 0 Å². The summed E-state index contributed by atoms with van der Waals surface area (Å²) in [5, 5.41) is 3.74. The minimum Gasteiger partial charge on any atom is -0.457 e. The van der Waals surface area contributed by atoms with Crippen molar-refractivity contribution >= 4 is 28.1 Å². The summed E-state index contributed by atoms with van der Waals surface area (Å²) >= 11 is 1.15. The molecule has 0 atom stereocenters. The highest BCUT2D eigenvalue weighted by Crippen LogP contribution is 2.28. The van der Waals surface area contributed by atoms with Crippen molar-refractivity contribution in [2.75, 3.05) is 11.9 Å². The first-order valence-corrected chi connectivity index (χ1v) is 11.3. The van der Waals surface area contributed by atoms with Crippen LogP contribution in [0.2, 0.25) is 0 Å². The number of nitrogens with zero attached hydrogens (tertiary/aromatic N) is 1. The normalized spacial score (nSPS) is 15.0. The molecule has 0 radical (unpaired) electrons. The number of anilines is 2. The van der Waals surface area contributed by atoms with Gasteiger partial charge in [-0.05, 0) is 54.6 Å². The van der Waals surface area contributed by atoms with Crippen LogP contribution in [0.25, 0.3) is 0 Å². The van der Waals surface area contributed by atoms with Gasteiger partial charge in [0.1, 0.15) is 39.5 Å². The third-order valence-corrected chi connectivity index (χ3v) is 6.18. The van der Waals surface area contributed by atoms with Crippen molar-refractivity contribution in [1.29, 1.82) is 0 Å². The summed E-state index contributed by atoms with van der Waals surface area (Å²) in [5.41, 5.74) is 6.91. The number of amidine groups is 1. The molecule has 6 nitrogen and oxygen atoms in total. The first kappa shape index (κ1) is 22.0. The highest BCUT2D eigenvalue weighted by atomic mass is 32.1. The summed E-state index contributed by atoms with van der Waals surface area (Å²) in [5.74, 6) is -0.191. The number of halogens is 2. The quantitative estimate of drug-likeness (QED) is 0.320. The van der Waals surface area contributed by atoms with Crippen molar-refractivity contribution < 1.29 is 13.5 Å². The van der Waals surface area contributed by atoms with Crippen LogP contribution in [0.4, 0.5) is 19.5 Å². The summed E-state index contributed by atoms with van der Waals surface area (Å²) in [4.78, 5) is 16.8. The number of nitrogens with two attached hydrogens (primary N) is 1. The van der Waals surface area contributed by atoms with Crippen molar-refractivity contribution in [1.82, 2.24) is 4.37 Å². The SMILES string of the molecule is NC(=NCC1CCCCC1)c1c(Nc2ccc(Oc3cc(F)cc(F)c3)cc2)s[nH]c1=O. The van der Waals surface area contributed by atoms with Crippen LogP contribution < -0.4 is 21.3 Å². The fourth-order valence-electron chi connectivity index (χ4n) is 3.76. The molecule has 32 heavy (non-hydrogen) atoms. The molecule has 0 unspecified atom stereocenters. The van der Waals surface area contributed by atoms with E-state index < -0.39 is 11.6 Å². The minimum atomic E-state index is -0.712. The van der Waals surface area contributed by atoms with Gasteiger partial charge in [-0.3, -0.25) is 14.2 Å². The fraction of sp³-hybridized carbons (Fsp3) is 0.304. The number of nitrogens with one attached hydrogen (secondary N) is 2. The number of rotatable bonds is 7. The predicted octanol–water partition coefficient (Wildman–Crippen LogP) is 5.54. The number of hydrogen-bond donors (Lipinski definition) is 3. The van der Waals surface area contributed by atoms with Crippen molar-refractivity contribution in [2.45, 2.75) is 32.1 Å². The van der Waals surface area contributed by atoms with Crippen LogP contribution >= 0.6 is 11.5 Å². The molecule has 1 aliphatic carbocycles. The van der Waals surface area contributed by atoms with Crippen LogP contribution in [0.5, 0.6) is 11.5 Å². The average Bonchev–Trinajstić information content (AvgIpc) is 3.13. The highest BCUT2D eigenvalue weighted by Gasteiger charge is 2.17. The Labute approximate surface area is 188 Å². The number of aromatic amines is 1. The molecule has 168 valence electrons. The number of ether oxygens (including phenoxy) is 1. The maximum absolute atomic E-state index is 13.3. The Morgan fingerprint density at radius 3 is 2.47 bits per heavy atom. The standard InChI is InChI=1S/C23H24F2N4O2S/c24-15-10-16(25)12-19(11-15)31-18-8-6-17(7-9-18)28-23-20(22(30)29-32-23)21(26)27-13-14-4-2-1-3-5-14/h6-12,14,28H,1-5,13H2,(H2,26,27)(H,29,30). The van der Waals surface area contributed by atoms with Crippen LogP contribution in [0, 0.1) is 17.6 Å². The molecule has 0 spiro atoms. The zero-order valence-electron chi connectivity index (χ0n) is 17.4. The second-order valence-electron chi connectivity index (χ2n) is 7.82. The molecule has 1 fully saturated rings. The van der Waals surface area contributed by atoms with Crippen LogP contribution in [0.15, 0.2) is 52.3 Å². The Balaban J connectivity index is 1.44. The third-order valence-electron chi connectivity index (χ3n) is 5.38. The summed E-state index contributed by atoms with van der Waals surface area (Å²) in [6, 6.07) is 9.76. The van der Waals surface area contributed by atoms with Crippen LogP contribution in [-0.4, -0.2) is 16.8 Å². The molecule has 0 aliphatic heterocycles. The number of benzene rings is 2. The first-order valence-electron chi connectivity index (χ1n) is 10.5. The van der Waals surface area contributed by atoms with E-state index in [0.29, 0.717) is 34.5 Å². The number of aromatic nitrogens is 1. The largest absolute Gasteiger partial charge is 0.457 e. The van der Waals surface area contributed by atoms with Crippen LogP contribution in [-0.2, 0) is 0 Å². The van der Waals surface area contributed by atoms with Gasteiger partial charge in [0.2, 0.25) is 0 Å². The summed E-state index contributed by atoms with van der Waals surface area (Å²) < 4.78 is 34.8. The van der Waals surface area contributed by atoms with E-state index in [1.807, 2.05) is 0 Å². The van der Waals surface area contributed by atoms with Gasteiger partial charge in [0, 0.05) is 30.4 Å². The van der Waals surface area contributed by atoms with Crippen molar-refractivity contribution in [2.24, 2.45) is 16.6 Å². The van der Waals surface area contributed by atoms with E-state index in [1.165, 1.54) is 19.3 Å². The summed E-state index contributed by atoms with van der Waals surface area (Å²) in [6.07, 6.45) is 6.02. The molecule has 3 aromatic rings. The van der Waals surface area contributed by atoms with Gasteiger partial charge < -0.3 is 15.8 Å². The van der Waals surface area contributed by atoms with Gasteiger partial charge in [-0.25, -0.2) is 8.78 Å². The van der Waals surface area contributed by atoms with Gasteiger partial charge in [-0.1, -0.05) is 19.3 Å². The lowest BCUT2D eigenvalue weighted by Gasteiger charge is -2.19. The molecule has 9 heteroatoms. The van der Waals surface area contributed by atoms with E-state index in [-0.39, 0.29) is 17.1 Å². The van der Waals surface area contributed by atoms with Crippen molar-refractivity contribution in [3.63, 3.8) is 0 Å². The molecule has 2 aromatic carbocycles. The topological polar surface area (TPSA) is 92.5 Å². The number of hydrogen-bond acceptors (Lipinski definition) is 5. The predicted molar refractivity (Wildman–Crippen MR) is 123 cm³/mol. The molecule has 4 N–H and O–H groups in total. The van der Waals surface area contributed by atoms with Crippen molar-refractivity contribution in [3.05, 3.63) is 70.0 Å². The van der Waals surface area contributed by atoms with E-state index in [9.17, 15) is 13.6 Å². The van der Waals surface area contributed by atoms with E-state index in [4.69, 9.17) is 10.5 Å². The lowest BCUT2D eigenvalue weighted by Crippen LogP contribution is -2.23. The van der Waals surface area contributed by atoms with Gasteiger partial charge >= 0.3 is 0 Å². The monoisotopic (exact) mass is 458 g/mol. The summed E-state index contributed by atoms with van der Waals surface area (Å²) in [6.45, 7) is 0.632. The van der Waals surface area contributed by atoms with Crippen LogP contribution in [0.1, 0.15) is 37.7 Å². The molecule has 1 heterocycles. The zero-order valence-corrected chi connectivity index (χ0v) is 18.2. The second kappa shape index (κ2) is 9.95. The Hall–Kier alpha value is -3.20. The Kier molecular flexibility index (Phi) is 6.84. The fourth-order valence-corrected chi connectivity index (χ4v) is 4.53. The first-order chi connectivity index (χ1) is 15.5. The van der Waals surface area contributed by atoms with Gasteiger partial charge in [-0.15, -0.1) is 0 Å². The smallest absolute Gasteiger partial charge is 0.271 e.